The van der Waals surface area contributed by atoms with Crippen LogP contribution in [0.5, 0.6) is 5.75 Å². The van der Waals surface area contributed by atoms with Gasteiger partial charge in [-0.05, 0) is 53.9 Å². The number of halogens is 2. The summed E-state index contributed by atoms with van der Waals surface area (Å²) in [5, 5.41) is 4.16. The van der Waals surface area contributed by atoms with Crippen LogP contribution in [0.2, 0.25) is 0 Å². The summed E-state index contributed by atoms with van der Waals surface area (Å²) in [7, 11) is 0. The van der Waals surface area contributed by atoms with E-state index in [-0.39, 0.29) is 18.8 Å². The van der Waals surface area contributed by atoms with Gasteiger partial charge < -0.3 is 14.5 Å². The van der Waals surface area contributed by atoms with E-state index in [1.807, 2.05) is 24.0 Å². The van der Waals surface area contributed by atoms with Crippen molar-refractivity contribution in [2.24, 2.45) is 5.16 Å². The van der Waals surface area contributed by atoms with Crippen LogP contribution in [0.3, 0.4) is 0 Å². The van der Waals surface area contributed by atoms with E-state index in [0.717, 1.165) is 10.5 Å². The fourth-order valence-electron chi connectivity index (χ4n) is 3.39. The fourth-order valence-corrected chi connectivity index (χ4v) is 3.39. The van der Waals surface area contributed by atoms with Crippen LogP contribution < -0.4 is 4.74 Å². The van der Waals surface area contributed by atoms with Crippen molar-refractivity contribution in [3.8, 4) is 5.75 Å². The SMILES string of the molecule is C=CCN1CCN(C(=O)C(F)(F)Oc2ccc(C(CC)=NOCc3ccncc3)cc2)CC1. The number of hydrogen-bond acceptors (Lipinski definition) is 6. The van der Waals surface area contributed by atoms with Crippen molar-refractivity contribution in [2.45, 2.75) is 26.1 Å². The summed E-state index contributed by atoms with van der Waals surface area (Å²) in [6.45, 7) is 8.03. The molecular weight excluding hydrogens is 430 g/mol. The van der Waals surface area contributed by atoms with Crippen LogP contribution in [-0.2, 0) is 16.2 Å². The Labute approximate surface area is 192 Å². The molecule has 0 atom stereocenters. The number of oxime groups is 1. The maximum atomic E-state index is 14.5. The summed E-state index contributed by atoms with van der Waals surface area (Å²) >= 11 is 0. The number of hydrogen-bond donors (Lipinski definition) is 0. The van der Waals surface area contributed by atoms with Gasteiger partial charge in [0.15, 0.2) is 0 Å². The molecule has 1 aliphatic rings. The van der Waals surface area contributed by atoms with Gasteiger partial charge in [0, 0.05) is 45.1 Å². The molecule has 0 N–H and O–H groups in total. The lowest BCUT2D eigenvalue weighted by atomic mass is 10.1. The molecule has 2 aromatic rings. The maximum Gasteiger partial charge on any atom is 0.482 e. The van der Waals surface area contributed by atoms with Crippen molar-refractivity contribution >= 4 is 11.6 Å². The van der Waals surface area contributed by atoms with E-state index in [0.29, 0.717) is 43.9 Å². The summed E-state index contributed by atoms with van der Waals surface area (Å²) in [5.41, 5.74) is 2.31. The third-order valence-electron chi connectivity index (χ3n) is 5.22. The fraction of sp³-hybridized carbons (Fsp3) is 0.375. The molecule has 0 unspecified atom stereocenters. The average molecular weight is 459 g/mol. The second-order valence-corrected chi connectivity index (χ2v) is 7.55. The average Bonchev–Trinajstić information content (AvgIpc) is 2.83. The number of pyridine rings is 1. The van der Waals surface area contributed by atoms with Crippen LogP contribution in [0.4, 0.5) is 8.78 Å². The van der Waals surface area contributed by atoms with Crippen LogP contribution >= 0.6 is 0 Å². The van der Waals surface area contributed by atoms with Crippen molar-refractivity contribution in [3.05, 3.63) is 72.6 Å². The zero-order chi connectivity index (χ0) is 23.7. The van der Waals surface area contributed by atoms with E-state index in [9.17, 15) is 13.6 Å². The number of carbonyl (C=O) groups is 1. The standard InChI is InChI=1S/C24H28F2N4O3/c1-3-13-29-14-16-30(17-15-29)23(31)24(25,26)33-21-7-5-20(6-8-21)22(4-2)28-32-18-19-9-11-27-12-10-19/h3,5-12H,1,4,13-18H2,2H3. The summed E-state index contributed by atoms with van der Waals surface area (Å²) in [4.78, 5) is 24.9. The van der Waals surface area contributed by atoms with E-state index in [2.05, 4.69) is 16.7 Å². The third kappa shape index (κ3) is 6.82. The molecule has 1 fully saturated rings. The van der Waals surface area contributed by atoms with Crippen molar-refractivity contribution in [2.75, 3.05) is 32.7 Å². The number of aromatic nitrogens is 1. The van der Waals surface area contributed by atoms with Gasteiger partial charge >= 0.3 is 12.0 Å². The Morgan fingerprint density at radius 2 is 1.82 bits per heavy atom. The molecule has 33 heavy (non-hydrogen) atoms. The second-order valence-electron chi connectivity index (χ2n) is 7.55. The Morgan fingerprint density at radius 3 is 2.42 bits per heavy atom. The lowest BCUT2D eigenvalue weighted by Crippen LogP contribution is -2.54. The minimum absolute atomic E-state index is 0.101. The Hall–Kier alpha value is -3.33. The Bertz CT molecular complexity index is 944. The van der Waals surface area contributed by atoms with Gasteiger partial charge in [0.05, 0.1) is 5.71 Å². The van der Waals surface area contributed by atoms with Crippen LogP contribution in [0.1, 0.15) is 24.5 Å². The smallest absolute Gasteiger partial charge is 0.425 e. The summed E-state index contributed by atoms with van der Waals surface area (Å²) in [6.07, 6.45) is 1.73. The monoisotopic (exact) mass is 458 g/mol. The number of rotatable bonds is 10. The Balaban J connectivity index is 1.57. The van der Waals surface area contributed by atoms with Gasteiger partial charge in [-0.1, -0.05) is 18.2 Å². The summed E-state index contributed by atoms with van der Waals surface area (Å²) in [5.74, 6) is -1.43. The van der Waals surface area contributed by atoms with E-state index < -0.39 is 12.0 Å². The summed E-state index contributed by atoms with van der Waals surface area (Å²) in [6, 6.07) is 9.68. The van der Waals surface area contributed by atoms with E-state index in [1.54, 1.807) is 30.6 Å². The van der Waals surface area contributed by atoms with Crippen molar-refractivity contribution in [3.63, 3.8) is 0 Å². The molecule has 1 amide bonds. The first kappa shape index (κ1) is 24.3. The van der Waals surface area contributed by atoms with Gasteiger partial charge in [-0.3, -0.25) is 14.7 Å². The third-order valence-corrected chi connectivity index (χ3v) is 5.22. The normalized spacial score (nSPS) is 15.2. The molecule has 7 nitrogen and oxygen atoms in total. The first-order valence-corrected chi connectivity index (χ1v) is 10.8. The van der Waals surface area contributed by atoms with Crippen molar-refractivity contribution in [1.82, 2.24) is 14.8 Å². The molecule has 0 aliphatic carbocycles. The highest BCUT2D eigenvalue weighted by Gasteiger charge is 2.46. The summed E-state index contributed by atoms with van der Waals surface area (Å²) < 4.78 is 33.8. The highest BCUT2D eigenvalue weighted by molar-refractivity contribution is 6.00. The van der Waals surface area contributed by atoms with Crippen molar-refractivity contribution < 1.29 is 23.1 Å². The Morgan fingerprint density at radius 1 is 1.15 bits per heavy atom. The molecule has 9 heteroatoms. The largest absolute Gasteiger partial charge is 0.482 e. The first-order valence-electron chi connectivity index (χ1n) is 10.8. The van der Waals surface area contributed by atoms with Gasteiger partial charge in [0.2, 0.25) is 0 Å². The van der Waals surface area contributed by atoms with Crippen molar-refractivity contribution in [1.29, 1.82) is 0 Å². The number of ether oxygens (including phenoxy) is 1. The van der Waals surface area contributed by atoms with Gasteiger partial charge in [0.25, 0.3) is 0 Å². The zero-order valence-corrected chi connectivity index (χ0v) is 18.6. The van der Waals surface area contributed by atoms with E-state index >= 15 is 0 Å². The van der Waals surface area contributed by atoms with Gasteiger partial charge in [-0.25, -0.2) is 0 Å². The number of alkyl halides is 2. The highest BCUT2D eigenvalue weighted by atomic mass is 19.3. The Kier molecular flexibility index (Phi) is 8.48. The molecule has 1 aliphatic heterocycles. The molecule has 176 valence electrons. The number of benzene rings is 1. The first-order chi connectivity index (χ1) is 15.9. The molecule has 1 aromatic heterocycles. The van der Waals surface area contributed by atoms with Gasteiger partial charge in [0.1, 0.15) is 12.4 Å². The second kappa shape index (κ2) is 11.5. The molecule has 1 aromatic carbocycles. The number of carbonyl (C=O) groups excluding carboxylic acids is 1. The molecule has 3 rings (SSSR count). The van der Waals surface area contributed by atoms with Crippen LogP contribution in [0, 0.1) is 0 Å². The minimum atomic E-state index is -3.95. The minimum Gasteiger partial charge on any atom is -0.425 e. The van der Waals surface area contributed by atoms with Gasteiger partial charge in [-0.2, -0.15) is 8.78 Å². The lowest BCUT2D eigenvalue weighted by molar-refractivity contribution is -0.205. The van der Waals surface area contributed by atoms with E-state index in [1.165, 1.54) is 12.1 Å². The number of nitrogens with zero attached hydrogens (tertiary/aromatic N) is 4. The van der Waals surface area contributed by atoms with Gasteiger partial charge in [-0.15, -0.1) is 6.58 Å². The predicted octanol–water partition coefficient (Wildman–Crippen LogP) is 3.71. The molecule has 0 bridgehead atoms. The molecular formula is C24H28F2N4O3. The van der Waals surface area contributed by atoms with Crippen LogP contribution in [0.15, 0.2) is 66.6 Å². The number of amides is 1. The zero-order valence-electron chi connectivity index (χ0n) is 18.6. The highest BCUT2D eigenvalue weighted by Crippen LogP contribution is 2.25. The van der Waals surface area contributed by atoms with E-state index in [4.69, 9.17) is 9.57 Å². The molecule has 0 saturated carbocycles. The molecule has 1 saturated heterocycles. The van der Waals surface area contributed by atoms with Crippen LogP contribution in [-0.4, -0.2) is 65.2 Å². The number of piperazine rings is 1. The molecule has 2 heterocycles. The topological polar surface area (TPSA) is 67.3 Å². The lowest BCUT2D eigenvalue weighted by Gasteiger charge is -2.35. The quantitative estimate of drug-likeness (QED) is 0.309. The molecule has 0 spiro atoms. The predicted molar refractivity (Wildman–Crippen MR) is 121 cm³/mol. The molecule has 0 radical (unpaired) electrons. The van der Waals surface area contributed by atoms with Crippen LogP contribution in [0.25, 0.3) is 0 Å². The maximum absolute atomic E-state index is 14.5.